The molecule has 98 valence electrons. The van der Waals surface area contributed by atoms with Crippen molar-refractivity contribution in [2.24, 2.45) is 5.73 Å². The van der Waals surface area contributed by atoms with E-state index in [4.69, 9.17) is 17.3 Å². The predicted molar refractivity (Wildman–Crippen MR) is 74.0 cm³/mol. The van der Waals surface area contributed by atoms with Crippen molar-refractivity contribution >= 4 is 23.2 Å². The van der Waals surface area contributed by atoms with Crippen LogP contribution >= 0.6 is 11.6 Å². The van der Waals surface area contributed by atoms with Gasteiger partial charge < -0.3 is 11.1 Å². The fraction of sp³-hybridized carbons (Fsp3) is 0.462. The van der Waals surface area contributed by atoms with Crippen LogP contribution in [0.25, 0.3) is 0 Å². The Morgan fingerprint density at radius 3 is 2.72 bits per heavy atom. The molecule has 0 atom stereocenters. The Morgan fingerprint density at radius 1 is 1.50 bits per heavy atom. The number of amides is 1. The van der Waals surface area contributed by atoms with E-state index in [0.717, 1.165) is 24.2 Å². The van der Waals surface area contributed by atoms with Gasteiger partial charge in [-0.2, -0.15) is 0 Å². The minimum absolute atomic E-state index is 0.0456. The maximum atomic E-state index is 11.9. The summed E-state index contributed by atoms with van der Waals surface area (Å²) in [6, 6.07) is 4.06. The average molecular weight is 268 g/mol. The summed E-state index contributed by atoms with van der Waals surface area (Å²) in [5, 5.41) is 3.45. The number of anilines is 1. The van der Waals surface area contributed by atoms with E-state index in [2.05, 4.69) is 5.32 Å². The van der Waals surface area contributed by atoms with E-state index >= 15 is 0 Å². The van der Waals surface area contributed by atoms with E-state index in [0.29, 0.717) is 17.3 Å². The Labute approximate surface area is 112 Å². The molecule has 0 aromatic heterocycles. The molecule has 18 heavy (non-hydrogen) atoms. The summed E-state index contributed by atoms with van der Waals surface area (Å²) in [5.74, 6) is -0.0456. The van der Waals surface area contributed by atoms with Crippen molar-refractivity contribution in [2.45, 2.75) is 19.9 Å². The number of likely N-dealkylation sites (tertiary alicyclic amines) is 1. The first kappa shape index (κ1) is 13.3. The number of nitrogens with one attached hydrogen (secondary N) is 1. The third-order valence-corrected chi connectivity index (χ3v) is 3.35. The van der Waals surface area contributed by atoms with Crippen molar-refractivity contribution < 1.29 is 4.79 Å². The van der Waals surface area contributed by atoms with Gasteiger partial charge in [0.2, 0.25) is 5.91 Å². The molecule has 1 aromatic carbocycles. The molecule has 1 heterocycles. The highest BCUT2D eigenvalue weighted by Crippen LogP contribution is 2.27. The lowest BCUT2D eigenvalue weighted by molar-refractivity contribution is -0.118. The number of aryl methyl sites for hydroxylation is 2. The van der Waals surface area contributed by atoms with Crippen molar-refractivity contribution in [1.29, 1.82) is 0 Å². The number of benzene rings is 1. The van der Waals surface area contributed by atoms with E-state index in [1.807, 2.05) is 30.9 Å². The second-order valence-electron chi connectivity index (χ2n) is 4.94. The first-order chi connectivity index (χ1) is 8.45. The summed E-state index contributed by atoms with van der Waals surface area (Å²) in [6.07, 6.45) is 0. The van der Waals surface area contributed by atoms with Crippen molar-refractivity contribution in [3.05, 3.63) is 28.3 Å². The summed E-state index contributed by atoms with van der Waals surface area (Å²) in [6.45, 7) is 5.86. The maximum Gasteiger partial charge on any atom is 0.238 e. The number of hydrogen-bond acceptors (Lipinski definition) is 3. The number of carbonyl (C=O) groups excluding carboxylic acids is 1. The average Bonchev–Trinajstić information content (AvgIpc) is 2.21. The number of carbonyl (C=O) groups is 1. The molecule has 0 aliphatic carbocycles. The lowest BCUT2D eigenvalue weighted by Crippen LogP contribution is -2.57. The monoisotopic (exact) mass is 267 g/mol. The molecular weight excluding hydrogens is 250 g/mol. The largest absolute Gasteiger partial charge is 0.325 e. The fourth-order valence-electron chi connectivity index (χ4n) is 2.20. The molecule has 4 nitrogen and oxygen atoms in total. The zero-order valence-electron chi connectivity index (χ0n) is 10.7. The van der Waals surface area contributed by atoms with Gasteiger partial charge in [0.05, 0.1) is 17.3 Å². The van der Waals surface area contributed by atoms with Crippen LogP contribution in [0, 0.1) is 13.8 Å². The van der Waals surface area contributed by atoms with Gasteiger partial charge in [0.25, 0.3) is 0 Å². The van der Waals surface area contributed by atoms with Crippen molar-refractivity contribution in [1.82, 2.24) is 4.90 Å². The Morgan fingerprint density at radius 2 is 2.17 bits per heavy atom. The molecular formula is C13H18ClN3O. The Balaban J connectivity index is 1.98. The molecule has 1 saturated heterocycles. The second-order valence-corrected chi connectivity index (χ2v) is 5.35. The van der Waals surface area contributed by atoms with Crippen molar-refractivity contribution in [2.75, 3.05) is 25.0 Å². The third-order valence-electron chi connectivity index (χ3n) is 3.05. The van der Waals surface area contributed by atoms with E-state index < -0.39 is 0 Å². The molecule has 5 heteroatoms. The molecule has 1 aliphatic heterocycles. The van der Waals surface area contributed by atoms with Crippen molar-refractivity contribution in [3.63, 3.8) is 0 Å². The van der Waals surface area contributed by atoms with E-state index in [-0.39, 0.29) is 11.9 Å². The first-order valence-electron chi connectivity index (χ1n) is 6.00. The summed E-state index contributed by atoms with van der Waals surface area (Å²) in [7, 11) is 0. The van der Waals surface area contributed by atoms with Crippen LogP contribution in [0.15, 0.2) is 12.1 Å². The number of halogens is 1. The molecule has 2 rings (SSSR count). The molecule has 1 fully saturated rings. The SMILES string of the molecule is Cc1cc(C)c(NC(=O)CN2CC(N)C2)c(Cl)c1. The van der Waals surface area contributed by atoms with Crippen LogP contribution in [-0.2, 0) is 4.79 Å². The van der Waals surface area contributed by atoms with Crippen molar-refractivity contribution in [3.8, 4) is 0 Å². The van der Waals surface area contributed by atoms with Gasteiger partial charge in [0.15, 0.2) is 0 Å². The maximum absolute atomic E-state index is 11.9. The smallest absolute Gasteiger partial charge is 0.238 e. The van der Waals surface area contributed by atoms with Crippen LogP contribution < -0.4 is 11.1 Å². The minimum Gasteiger partial charge on any atom is -0.325 e. The van der Waals surface area contributed by atoms with Gasteiger partial charge >= 0.3 is 0 Å². The topological polar surface area (TPSA) is 58.4 Å². The van der Waals surface area contributed by atoms with Gasteiger partial charge in [-0.15, -0.1) is 0 Å². The molecule has 0 spiro atoms. The van der Waals surface area contributed by atoms with Gasteiger partial charge in [0.1, 0.15) is 0 Å². The second kappa shape index (κ2) is 5.26. The van der Waals surface area contributed by atoms with Gasteiger partial charge in [-0.25, -0.2) is 0 Å². The number of rotatable bonds is 3. The van der Waals surface area contributed by atoms with Gasteiger partial charge in [-0.1, -0.05) is 17.7 Å². The van der Waals surface area contributed by atoms with E-state index in [1.54, 1.807) is 0 Å². The summed E-state index contributed by atoms with van der Waals surface area (Å²) < 4.78 is 0. The zero-order valence-corrected chi connectivity index (χ0v) is 11.4. The van der Waals surface area contributed by atoms with Crippen LogP contribution in [0.3, 0.4) is 0 Å². The summed E-state index contributed by atoms with van der Waals surface area (Å²) >= 11 is 6.14. The Hall–Kier alpha value is -1.10. The number of nitrogens with two attached hydrogens (primary N) is 1. The van der Waals surface area contributed by atoms with Crippen LogP contribution in [-0.4, -0.2) is 36.5 Å². The van der Waals surface area contributed by atoms with Crippen LogP contribution in [0.4, 0.5) is 5.69 Å². The highest BCUT2D eigenvalue weighted by atomic mass is 35.5. The quantitative estimate of drug-likeness (QED) is 0.873. The van der Waals surface area contributed by atoms with E-state index in [9.17, 15) is 4.79 Å². The molecule has 1 aliphatic rings. The number of hydrogen-bond donors (Lipinski definition) is 2. The summed E-state index contributed by atoms with van der Waals surface area (Å²) in [4.78, 5) is 13.9. The highest BCUT2D eigenvalue weighted by molar-refractivity contribution is 6.34. The lowest BCUT2D eigenvalue weighted by atomic mass is 10.1. The summed E-state index contributed by atoms with van der Waals surface area (Å²) in [5.41, 5.74) is 8.44. The Kier molecular flexibility index (Phi) is 3.90. The highest BCUT2D eigenvalue weighted by Gasteiger charge is 2.24. The van der Waals surface area contributed by atoms with Gasteiger partial charge in [0, 0.05) is 19.1 Å². The Bertz CT molecular complexity index is 446. The normalized spacial score (nSPS) is 16.4. The van der Waals surface area contributed by atoms with Crippen LogP contribution in [0.5, 0.6) is 0 Å². The molecule has 3 N–H and O–H groups in total. The zero-order chi connectivity index (χ0) is 13.3. The minimum atomic E-state index is -0.0456. The fourth-order valence-corrected chi connectivity index (χ4v) is 2.56. The standard InChI is InChI=1S/C13H18ClN3O/c1-8-3-9(2)13(11(14)4-8)16-12(18)7-17-5-10(15)6-17/h3-4,10H,5-7,15H2,1-2H3,(H,16,18). The van der Waals surface area contributed by atoms with Crippen LogP contribution in [0.1, 0.15) is 11.1 Å². The third kappa shape index (κ3) is 3.02. The predicted octanol–water partition coefficient (Wildman–Crippen LogP) is 1.54. The first-order valence-corrected chi connectivity index (χ1v) is 6.38. The lowest BCUT2D eigenvalue weighted by Gasteiger charge is -2.36. The van der Waals surface area contributed by atoms with Gasteiger partial charge in [-0.05, 0) is 31.0 Å². The van der Waals surface area contributed by atoms with E-state index in [1.165, 1.54) is 0 Å². The van der Waals surface area contributed by atoms with Crippen LogP contribution in [0.2, 0.25) is 5.02 Å². The molecule has 1 amide bonds. The molecule has 1 aromatic rings. The molecule has 0 unspecified atom stereocenters. The van der Waals surface area contributed by atoms with Gasteiger partial charge in [-0.3, -0.25) is 9.69 Å². The molecule has 0 saturated carbocycles. The number of nitrogens with zero attached hydrogens (tertiary/aromatic N) is 1. The molecule has 0 radical (unpaired) electrons. The molecule has 0 bridgehead atoms.